The Balaban J connectivity index is 1.70. The average Bonchev–Trinajstić information content (AvgIpc) is 3.09. The summed E-state index contributed by atoms with van der Waals surface area (Å²) in [5, 5.41) is 6.96. The van der Waals surface area contributed by atoms with Crippen molar-refractivity contribution in [3.8, 4) is 0 Å². The van der Waals surface area contributed by atoms with Crippen LogP contribution in [0.15, 0.2) is 34.9 Å². The van der Waals surface area contributed by atoms with Gasteiger partial charge in [0.2, 0.25) is 0 Å². The summed E-state index contributed by atoms with van der Waals surface area (Å²) < 4.78 is 18.2. The molecule has 3 rings (SSSR count). The van der Waals surface area contributed by atoms with Gasteiger partial charge < -0.3 is 14.7 Å². The zero-order valence-corrected chi connectivity index (χ0v) is 14.7. The monoisotopic (exact) mass is 345 g/mol. The lowest BCUT2D eigenvalue weighted by Crippen LogP contribution is -2.55. The van der Waals surface area contributed by atoms with Gasteiger partial charge >= 0.3 is 0 Å². The van der Waals surface area contributed by atoms with Gasteiger partial charge in [0, 0.05) is 24.6 Å². The van der Waals surface area contributed by atoms with Crippen LogP contribution >= 0.6 is 0 Å². The molecule has 25 heavy (non-hydrogen) atoms. The Morgan fingerprint density at radius 3 is 2.84 bits per heavy atom. The van der Waals surface area contributed by atoms with Crippen molar-refractivity contribution in [3.05, 3.63) is 53.2 Å². The molecular weight excluding hydrogens is 321 g/mol. The fourth-order valence-electron chi connectivity index (χ4n) is 3.38. The largest absolute Gasteiger partial charge is 0.361 e. The molecule has 0 unspecified atom stereocenters. The number of carbonyl (C=O) groups excluding carboxylic acids is 1. The molecule has 1 N–H and O–H groups in total. The number of nitrogens with zero attached hydrogens (tertiary/aromatic N) is 2. The first-order valence-corrected chi connectivity index (χ1v) is 8.78. The van der Waals surface area contributed by atoms with E-state index in [-0.39, 0.29) is 23.8 Å². The van der Waals surface area contributed by atoms with Crippen molar-refractivity contribution in [2.75, 3.05) is 13.6 Å². The third-order valence-corrected chi connectivity index (χ3v) is 4.87. The van der Waals surface area contributed by atoms with Crippen molar-refractivity contribution >= 4 is 5.91 Å². The summed E-state index contributed by atoms with van der Waals surface area (Å²) in [4.78, 5) is 14.8. The fraction of sp³-hybridized carbons (Fsp3) is 0.474. The molecular formula is C19H24FN3O2. The van der Waals surface area contributed by atoms with Crippen LogP contribution in [0.25, 0.3) is 0 Å². The number of nitrogens with one attached hydrogen (secondary N) is 1. The van der Waals surface area contributed by atoms with Crippen molar-refractivity contribution in [1.82, 2.24) is 15.4 Å². The molecule has 1 aromatic carbocycles. The molecule has 2 atom stereocenters. The minimum atomic E-state index is -0.233. The lowest BCUT2D eigenvalue weighted by atomic mass is 9.91. The van der Waals surface area contributed by atoms with Crippen molar-refractivity contribution < 1.29 is 13.7 Å². The van der Waals surface area contributed by atoms with Crippen LogP contribution in [0.4, 0.5) is 4.39 Å². The van der Waals surface area contributed by atoms with E-state index in [1.807, 2.05) is 19.1 Å². The van der Waals surface area contributed by atoms with Crippen molar-refractivity contribution in [2.45, 2.75) is 44.7 Å². The van der Waals surface area contributed by atoms with E-state index in [1.165, 1.54) is 12.1 Å². The van der Waals surface area contributed by atoms with Crippen LogP contribution in [0.5, 0.6) is 0 Å². The highest BCUT2D eigenvalue weighted by Gasteiger charge is 2.31. The molecule has 1 aliphatic rings. The lowest BCUT2D eigenvalue weighted by Gasteiger charge is -2.39. The maximum Gasteiger partial charge on any atom is 0.273 e. The van der Waals surface area contributed by atoms with Gasteiger partial charge in [0.1, 0.15) is 11.6 Å². The highest BCUT2D eigenvalue weighted by atomic mass is 19.1. The molecule has 1 aliphatic heterocycles. The standard InChI is InChI=1S/C19H24FN3O2/c1-3-15-12-17(22-25-15)19(24)21-16-5-4-10-23(2)18(16)11-13-6-8-14(20)9-7-13/h6-9,12,16,18H,3-5,10-11H2,1-2H3,(H,21,24)/t16-,18-/m0/s1. The van der Waals surface area contributed by atoms with Crippen LogP contribution in [0.1, 0.15) is 41.6 Å². The number of hydrogen-bond donors (Lipinski definition) is 1. The second-order valence-electron chi connectivity index (χ2n) is 6.63. The van der Waals surface area contributed by atoms with E-state index < -0.39 is 0 Å². The van der Waals surface area contributed by atoms with Crippen LogP contribution in [-0.2, 0) is 12.8 Å². The molecule has 0 aliphatic carbocycles. The van der Waals surface area contributed by atoms with Gasteiger partial charge in [0.05, 0.1) is 0 Å². The van der Waals surface area contributed by atoms with E-state index in [0.29, 0.717) is 17.9 Å². The van der Waals surface area contributed by atoms with Gasteiger partial charge in [-0.3, -0.25) is 4.79 Å². The van der Waals surface area contributed by atoms with Gasteiger partial charge in [-0.25, -0.2) is 4.39 Å². The van der Waals surface area contributed by atoms with Gasteiger partial charge in [0.15, 0.2) is 5.69 Å². The van der Waals surface area contributed by atoms with Gasteiger partial charge in [-0.2, -0.15) is 0 Å². The number of benzene rings is 1. The number of carbonyl (C=O) groups is 1. The van der Waals surface area contributed by atoms with Crippen molar-refractivity contribution in [1.29, 1.82) is 0 Å². The Bertz CT molecular complexity index is 714. The number of aromatic nitrogens is 1. The molecule has 1 amide bonds. The second-order valence-corrected chi connectivity index (χ2v) is 6.63. The third kappa shape index (κ3) is 4.25. The predicted octanol–water partition coefficient (Wildman–Crippen LogP) is 2.81. The number of likely N-dealkylation sites (N-methyl/N-ethyl adjacent to an activating group) is 1. The Kier molecular flexibility index (Phi) is 5.48. The highest BCUT2D eigenvalue weighted by Crippen LogP contribution is 2.21. The summed E-state index contributed by atoms with van der Waals surface area (Å²) in [5.41, 5.74) is 1.39. The molecule has 2 aromatic rings. The smallest absolute Gasteiger partial charge is 0.273 e. The van der Waals surface area contributed by atoms with E-state index in [1.54, 1.807) is 6.07 Å². The Morgan fingerprint density at radius 2 is 2.16 bits per heavy atom. The summed E-state index contributed by atoms with van der Waals surface area (Å²) in [6.45, 7) is 2.94. The second kappa shape index (κ2) is 7.78. The summed E-state index contributed by atoms with van der Waals surface area (Å²) in [6, 6.07) is 8.46. The molecule has 5 nitrogen and oxygen atoms in total. The average molecular weight is 345 g/mol. The first kappa shape index (κ1) is 17.6. The molecule has 0 bridgehead atoms. The maximum absolute atomic E-state index is 13.1. The lowest BCUT2D eigenvalue weighted by molar-refractivity contribution is 0.0843. The number of aryl methyl sites for hydroxylation is 1. The number of amides is 1. The summed E-state index contributed by atoms with van der Waals surface area (Å²) in [6.07, 6.45) is 3.42. The van der Waals surface area contributed by atoms with Gasteiger partial charge in [-0.1, -0.05) is 24.2 Å². The first-order valence-electron chi connectivity index (χ1n) is 8.78. The third-order valence-electron chi connectivity index (χ3n) is 4.87. The number of hydrogen-bond acceptors (Lipinski definition) is 4. The number of likely N-dealkylation sites (tertiary alicyclic amines) is 1. The van der Waals surface area contributed by atoms with Gasteiger partial charge in [-0.15, -0.1) is 0 Å². The fourth-order valence-corrected chi connectivity index (χ4v) is 3.38. The summed E-state index contributed by atoms with van der Waals surface area (Å²) in [5.74, 6) is 0.269. The van der Waals surface area contributed by atoms with Crippen LogP contribution in [0.2, 0.25) is 0 Å². The Hall–Kier alpha value is -2.21. The molecule has 1 saturated heterocycles. The molecule has 134 valence electrons. The van der Waals surface area contributed by atoms with Crippen LogP contribution in [-0.4, -0.2) is 41.6 Å². The molecule has 2 heterocycles. The SMILES string of the molecule is CCc1cc(C(=O)N[C@H]2CCCN(C)[C@H]2Cc2ccc(F)cc2)no1. The zero-order valence-electron chi connectivity index (χ0n) is 14.7. The molecule has 6 heteroatoms. The topological polar surface area (TPSA) is 58.4 Å². The molecule has 0 saturated carbocycles. The van der Waals surface area contributed by atoms with E-state index in [0.717, 1.165) is 31.4 Å². The molecule has 0 spiro atoms. The molecule has 0 radical (unpaired) electrons. The molecule has 1 aromatic heterocycles. The minimum Gasteiger partial charge on any atom is -0.361 e. The number of piperidine rings is 1. The quantitative estimate of drug-likeness (QED) is 0.905. The highest BCUT2D eigenvalue weighted by molar-refractivity contribution is 5.92. The van der Waals surface area contributed by atoms with Gasteiger partial charge in [-0.05, 0) is 50.6 Å². The number of rotatable bonds is 5. The van der Waals surface area contributed by atoms with Crippen LogP contribution in [0, 0.1) is 5.82 Å². The van der Waals surface area contributed by atoms with Gasteiger partial charge in [0.25, 0.3) is 5.91 Å². The van der Waals surface area contributed by atoms with E-state index >= 15 is 0 Å². The normalized spacial score (nSPS) is 21.2. The van der Waals surface area contributed by atoms with E-state index in [9.17, 15) is 9.18 Å². The predicted molar refractivity (Wildman–Crippen MR) is 92.9 cm³/mol. The maximum atomic E-state index is 13.1. The van der Waals surface area contributed by atoms with Crippen LogP contribution in [0.3, 0.4) is 0 Å². The molecule has 1 fully saturated rings. The first-order chi connectivity index (χ1) is 12.1. The number of halogens is 1. The van der Waals surface area contributed by atoms with Crippen molar-refractivity contribution in [2.24, 2.45) is 0 Å². The van der Waals surface area contributed by atoms with E-state index in [4.69, 9.17) is 4.52 Å². The van der Waals surface area contributed by atoms with Crippen molar-refractivity contribution in [3.63, 3.8) is 0 Å². The summed E-state index contributed by atoms with van der Waals surface area (Å²) >= 11 is 0. The zero-order chi connectivity index (χ0) is 17.8. The Morgan fingerprint density at radius 1 is 1.40 bits per heavy atom. The summed E-state index contributed by atoms with van der Waals surface area (Å²) in [7, 11) is 2.07. The van der Waals surface area contributed by atoms with Crippen LogP contribution < -0.4 is 5.32 Å². The minimum absolute atomic E-state index is 0.0260. The Labute approximate surface area is 147 Å². The van der Waals surface area contributed by atoms with E-state index in [2.05, 4.69) is 22.4 Å².